The van der Waals surface area contributed by atoms with Crippen LogP contribution < -0.4 is 5.46 Å². The lowest BCUT2D eigenvalue weighted by molar-refractivity contribution is -0.123. The van der Waals surface area contributed by atoms with Crippen molar-refractivity contribution in [3.8, 4) is 0 Å². The van der Waals surface area contributed by atoms with Crippen molar-refractivity contribution in [2.45, 2.75) is 25.3 Å². The summed E-state index contributed by atoms with van der Waals surface area (Å²) < 4.78 is 0. The predicted octanol–water partition coefficient (Wildman–Crippen LogP) is -0.931. The summed E-state index contributed by atoms with van der Waals surface area (Å²) in [6, 6.07) is 8.62. The highest BCUT2D eigenvalue weighted by molar-refractivity contribution is 6.32. The zero-order valence-corrected chi connectivity index (χ0v) is 10.6. The van der Waals surface area contributed by atoms with Crippen LogP contribution in [0.4, 0.5) is 0 Å². The molecule has 1 aliphatic heterocycles. The van der Waals surface area contributed by atoms with Gasteiger partial charge in [-0.1, -0.05) is 29.7 Å². The molecule has 1 aliphatic carbocycles. The standard InChI is InChI=1S/C13H17B2NO/c14-10-3-1-2-9(6-10)7-11-12(17)13(4-5-13)8-16(11)15/h1-3,6,11H,4-5,7-8,14-15H2. The van der Waals surface area contributed by atoms with Gasteiger partial charge in [0.25, 0.3) is 0 Å². The lowest BCUT2D eigenvalue weighted by Crippen LogP contribution is -2.33. The van der Waals surface area contributed by atoms with Crippen LogP contribution in [0, 0.1) is 5.41 Å². The van der Waals surface area contributed by atoms with Crippen molar-refractivity contribution in [3.63, 3.8) is 0 Å². The van der Waals surface area contributed by atoms with E-state index in [-0.39, 0.29) is 11.5 Å². The number of hydrogen-bond donors (Lipinski definition) is 0. The van der Waals surface area contributed by atoms with E-state index < -0.39 is 0 Å². The Labute approximate surface area is 104 Å². The Morgan fingerprint density at radius 3 is 2.76 bits per heavy atom. The fourth-order valence-corrected chi connectivity index (χ4v) is 3.09. The summed E-state index contributed by atoms with van der Waals surface area (Å²) in [5.74, 6) is 0.488. The van der Waals surface area contributed by atoms with Crippen LogP contribution in [0.15, 0.2) is 24.3 Å². The van der Waals surface area contributed by atoms with Gasteiger partial charge in [-0.25, -0.2) is 0 Å². The third-order valence-electron chi connectivity index (χ3n) is 4.27. The van der Waals surface area contributed by atoms with Gasteiger partial charge in [-0.05, 0) is 24.8 Å². The van der Waals surface area contributed by atoms with E-state index in [1.165, 1.54) is 11.0 Å². The molecule has 0 N–H and O–H groups in total. The molecule has 1 spiro atoms. The second kappa shape index (κ2) is 3.74. The molecule has 2 nitrogen and oxygen atoms in total. The molecule has 4 heteroatoms. The fraction of sp³-hybridized carbons (Fsp3) is 0.462. The minimum atomic E-state index is 0.0588. The SMILES string of the molecule is Bc1cccc(CC2C(=O)C3(CC3)CN2B)c1. The predicted molar refractivity (Wildman–Crippen MR) is 74.0 cm³/mol. The van der Waals surface area contributed by atoms with Crippen molar-refractivity contribution in [1.29, 1.82) is 0 Å². The van der Waals surface area contributed by atoms with E-state index in [0.29, 0.717) is 5.78 Å². The lowest BCUT2D eigenvalue weighted by atomic mass is 9.91. The number of rotatable bonds is 2. The first-order chi connectivity index (χ1) is 8.11. The monoisotopic (exact) mass is 225 g/mol. The van der Waals surface area contributed by atoms with Crippen LogP contribution in [0.1, 0.15) is 18.4 Å². The molecule has 86 valence electrons. The van der Waals surface area contributed by atoms with Crippen LogP contribution in [0.5, 0.6) is 0 Å². The van der Waals surface area contributed by atoms with E-state index >= 15 is 0 Å². The number of carbonyl (C=O) groups excluding carboxylic acids is 1. The van der Waals surface area contributed by atoms with Crippen LogP contribution in [-0.2, 0) is 11.2 Å². The van der Waals surface area contributed by atoms with Gasteiger partial charge in [0.1, 0.15) is 7.85 Å². The van der Waals surface area contributed by atoms with Gasteiger partial charge in [0.2, 0.25) is 0 Å². The van der Waals surface area contributed by atoms with Gasteiger partial charge in [0, 0.05) is 12.0 Å². The molecule has 17 heavy (non-hydrogen) atoms. The molecule has 0 bridgehead atoms. The van der Waals surface area contributed by atoms with E-state index in [1.54, 1.807) is 0 Å². The van der Waals surface area contributed by atoms with E-state index in [9.17, 15) is 4.79 Å². The van der Waals surface area contributed by atoms with Crippen molar-refractivity contribution in [2.24, 2.45) is 5.41 Å². The highest BCUT2D eigenvalue weighted by atomic mass is 16.1. The zero-order chi connectivity index (χ0) is 12.0. The van der Waals surface area contributed by atoms with E-state index in [0.717, 1.165) is 25.8 Å². The first-order valence-corrected chi connectivity index (χ1v) is 6.41. The molecule has 1 saturated heterocycles. The number of ketones is 1. The molecule has 0 amide bonds. The van der Waals surface area contributed by atoms with Gasteiger partial charge in [-0.2, -0.15) is 0 Å². The number of nitrogens with zero attached hydrogens (tertiary/aromatic N) is 1. The minimum Gasteiger partial charge on any atom is -0.339 e. The maximum Gasteiger partial charge on any atom is 0.186 e. The van der Waals surface area contributed by atoms with Gasteiger partial charge >= 0.3 is 0 Å². The smallest absolute Gasteiger partial charge is 0.186 e. The number of hydrogen-bond acceptors (Lipinski definition) is 2. The Kier molecular flexibility index (Phi) is 2.44. The highest BCUT2D eigenvalue weighted by Crippen LogP contribution is 2.52. The molecule has 2 aliphatic rings. The van der Waals surface area contributed by atoms with Crippen molar-refractivity contribution in [2.75, 3.05) is 6.54 Å². The largest absolute Gasteiger partial charge is 0.339 e. The van der Waals surface area contributed by atoms with Gasteiger partial charge < -0.3 is 4.81 Å². The third kappa shape index (κ3) is 1.85. The molecule has 1 heterocycles. The summed E-state index contributed by atoms with van der Waals surface area (Å²) in [4.78, 5) is 14.6. The molecule has 1 unspecified atom stereocenters. The number of carbonyl (C=O) groups is 1. The van der Waals surface area contributed by atoms with E-state index in [4.69, 9.17) is 0 Å². The topological polar surface area (TPSA) is 20.3 Å². The first-order valence-electron chi connectivity index (χ1n) is 6.41. The average Bonchev–Trinajstić information content (AvgIpc) is 3.01. The summed E-state index contributed by atoms with van der Waals surface area (Å²) in [6.45, 7) is 0.975. The van der Waals surface area contributed by atoms with E-state index in [1.807, 2.05) is 0 Å². The second-order valence-corrected chi connectivity index (χ2v) is 5.77. The van der Waals surface area contributed by atoms with Crippen LogP contribution in [0.3, 0.4) is 0 Å². The minimum absolute atomic E-state index is 0.0588. The molecule has 2 fully saturated rings. The number of benzene rings is 1. The Morgan fingerprint density at radius 1 is 1.41 bits per heavy atom. The van der Waals surface area contributed by atoms with Crippen LogP contribution in [-0.4, -0.2) is 39.0 Å². The summed E-state index contributed by atoms with van der Waals surface area (Å²) in [5.41, 5.74) is 2.62. The van der Waals surface area contributed by atoms with Gasteiger partial charge in [0.05, 0.1) is 6.04 Å². The van der Waals surface area contributed by atoms with Crippen LogP contribution in [0.25, 0.3) is 0 Å². The summed E-state index contributed by atoms with van der Waals surface area (Å²) in [5, 5.41) is 0. The Bertz CT molecular complexity index is 470. The molecule has 3 rings (SSSR count). The molecule has 0 radical (unpaired) electrons. The third-order valence-corrected chi connectivity index (χ3v) is 4.27. The maximum atomic E-state index is 12.3. The Balaban J connectivity index is 1.79. The molecule has 1 atom stereocenters. The van der Waals surface area contributed by atoms with Crippen molar-refractivity contribution < 1.29 is 4.79 Å². The second-order valence-electron chi connectivity index (χ2n) is 5.77. The quantitative estimate of drug-likeness (QED) is 0.606. The summed E-state index contributed by atoms with van der Waals surface area (Å²) in [6.07, 6.45) is 3.10. The molecule has 1 aromatic rings. The van der Waals surface area contributed by atoms with Gasteiger partial charge in [-0.15, -0.1) is 0 Å². The van der Waals surface area contributed by atoms with Crippen LogP contribution in [0.2, 0.25) is 0 Å². The van der Waals surface area contributed by atoms with E-state index in [2.05, 4.69) is 44.9 Å². The summed E-state index contributed by atoms with van der Waals surface area (Å²) >= 11 is 0. The van der Waals surface area contributed by atoms with Crippen molar-refractivity contribution >= 4 is 27.1 Å². The van der Waals surface area contributed by atoms with Crippen LogP contribution >= 0.6 is 0 Å². The highest BCUT2D eigenvalue weighted by Gasteiger charge is 2.57. The average molecular weight is 225 g/mol. The Morgan fingerprint density at radius 2 is 2.18 bits per heavy atom. The molecule has 1 saturated carbocycles. The van der Waals surface area contributed by atoms with Crippen molar-refractivity contribution in [1.82, 2.24) is 4.81 Å². The summed E-state index contributed by atoms with van der Waals surface area (Å²) in [7, 11) is 4.19. The fourth-order valence-electron chi connectivity index (χ4n) is 3.09. The zero-order valence-electron chi connectivity index (χ0n) is 10.6. The van der Waals surface area contributed by atoms with Crippen molar-refractivity contribution in [3.05, 3.63) is 29.8 Å². The first kappa shape index (κ1) is 11.1. The number of Topliss-reactive ketones (excluding diaryl/α,β-unsaturated/α-hetero) is 1. The maximum absolute atomic E-state index is 12.3. The van der Waals surface area contributed by atoms with Gasteiger partial charge in [0.15, 0.2) is 13.8 Å². The molecular formula is C13H17B2NO. The van der Waals surface area contributed by atoms with Gasteiger partial charge in [-0.3, -0.25) is 4.79 Å². The molecule has 1 aromatic carbocycles. The lowest BCUT2D eigenvalue weighted by Gasteiger charge is -2.18. The molecular weight excluding hydrogens is 208 g/mol. The molecule has 0 aromatic heterocycles. The Hall–Kier alpha value is -1.02. The normalized spacial score (nSPS) is 26.6.